The van der Waals surface area contributed by atoms with Crippen molar-refractivity contribution in [3.8, 4) is 5.88 Å². The number of rotatable bonds is 5. The quantitative estimate of drug-likeness (QED) is 0.860. The highest BCUT2D eigenvalue weighted by Gasteiger charge is 2.57. The van der Waals surface area contributed by atoms with Gasteiger partial charge in [-0.2, -0.15) is 0 Å². The Bertz CT molecular complexity index is 581. The van der Waals surface area contributed by atoms with E-state index in [0.717, 1.165) is 19.3 Å². The third-order valence-electron chi connectivity index (χ3n) is 4.42. The zero-order valence-corrected chi connectivity index (χ0v) is 13.1. The highest BCUT2D eigenvalue weighted by Crippen LogP contribution is 2.48. The van der Waals surface area contributed by atoms with Crippen molar-refractivity contribution in [2.45, 2.75) is 26.3 Å². The summed E-state index contributed by atoms with van der Waals surface area (Å²) in [4.78, 5) is 16.2. The molecule has 1 saturated carbocycles. The average Bonchev–Trinajstić information content (AvgIpc) is 2.91. The maximum atomic E-state index is 13.0. The van der Waals surface area contributed by atoms with Crippen LogP contribution in [0.2, 0.25) is 0 Å². The molecule has 3 rings (SSSR count). The molecule has 2 aliphatic rings. The van der Waals surface area contributed by atoms with Crippen molar-refractivity contribution in [3.05, 3.63) is 23.6 Å². The van der Waals surface area contributed by atoms with Crippen molar-refractivity contribution in [3.63, 3.8) is 0 Å². The number of ether oxygens (including phenoxy) is 1. The van der Waals surface area contributed by atoms with Gasteiger partial charge in [-0.05, 0) is 51.8 Å². The maximum Gasteiger partial charge on any atom is 0.224 e. The largest absolute Gasteiger partial charge is 0.475 e. The zero-order chi connectivity index (χ0) is 15.9. The van der Waals surface area contributed by atoms with Gasteiger partial charge in [0.2, 0.25) is 11.8 Å². The van der Waals surface area contributed by atoms with Gasteiger partial charge < -0.3 is 15.4 Å². The standard InChI is InChI=1S/C16H22FN3O2/c1-9-4-10(17)5-19-15(9)22-8-16(2,3)20-14(21)13-11-6-18-7-12(11)13/h4-5,11-13,18H,6-8H2,1-3H3,(H,20,21)/t11-,12+,13+. The fourth-order valence-electron chi connectivity index (χ4n) is 3.19. The molecule has 6 heteroatoms. The van der Waals surface area contributed by atoms with E-state index in [-0.39, 0.29) is 17.6 Å². The van der Waals surface area contributed by atoms with Gasteiger partial charge in [-0.1, -0.05) is 0 Å². The zero-order valence-electron chi connectivity index (χ0n) is 13.1. The van der Waals surface area contributed by atoms with Crippen molar-refractivity contribution in [2.75, 3.05) is 19.7 Å². The van der Waals surface area contributed by atoms with E-state index in [9.17, 15) is 9.18 Å². The summed E-state index contributed by atoms with van der Waals surface area (Å²) in [6.45, 7) is 7.75. The van der Waals surface area contributed by atoms with Crippen molar-refractivity contribution in [1.29, 1.82) is 0 Å². The number of amides is 1. The lowest BCUT2D eigenvalue weighted by molar-refractivity contribution is -0.125. The van der Waals surface area contributed by atoms with Gasteiger partial charge in [0.25, 0.3) is 0 Å². The smallest absolute Gasteiger partial charge is 0.224 e. The van der Waals surface area contributed by atoms with E-state index in [4.69, 9.17) is 4.74 Å². The molecular weight excluding hydrogens is 285 g/mol. The molecule has 5 nitrogen and oxygen atoms in total. The van der Waals surface area contributed by atoms with Crippen molar-refractivity contribution >= 4 is 5.91 Å². The molecule has 2 fully saturated rings. The van der Waals surface area contributed by atoms with Crippen LogP contribution in [-0.2, 0) is 4.79 Å². The Kier molecular flexibility index (Phi) is 3.80. The molecule has 1 amide bonds. The number of hydrogen-bond donors (Lipinski definition) is 2. The summed E-state index contributed by atoms with van der Waals surface area (Å²) >= 11 is 0. The lowest BCUT2D eigenvalue weighted by Gasteiger charge is -2.26. The van der Waals surface area contributed by atoms with E-state index in [0.29, 0.717) is 29.9 Å². The first kappa shape index (κ1) is 15.2. The predicted molar refractivity (Wildman–Crippen MR) is 80.0 cm³/mol. The summed E-state index contributed by atoms with van der Waals surface area (Å²) in [7, 11) is 0. The van der Waals surface area contributed by atoms with Gasteiger partial charge in [-0.25, -0.2) is 9.37 Å². The van der Waals surface area contributed by atoms with Gasteiger partial charge >= 0.3 is 0 Å². The van der Waals surface area contributed by atoms with Crippen LogP contribution >= 0.6 is 0 Å². The van der Waals surface area contributed by atoms with Gasteiger partial charge in [-0.15, -0.1) is 0 Å². The first-order chi connectivity index (χ1) is 10.4. The molecule has 3 atom stereocenters. The van der Waals surface area contributed by atoms with Crippen LogP contribution in [0.1, 0.15) is 19.4 Å². The van der Waals surface area contributed by atoms with Crippen LogP contribution in [-0.4, -0.2) is 36.1 Å². The van der Waals surface area contributed by atoms with Crippen LogP contribution in [0.3, 0.4) is 0 Å². The van der Waals surface area contributed by atoms with Crippen LogP contribution in [0, 0.1) is 30.5 Å². The predicted octanol–water partition coefficient (Wildman–Crippen LogP) is 1.27. The van der Waals surface area contributed by atoms with E-state index in [1.807, 2.05) is 13.8 Å². The first-order valence-corrected chi connectivity index (χ1v) is 7.65. The molecule has 0 radical (unpaired) electrons. The number of carbonyl (C=O) groups is 1. The molecule has 0 aromatic carbocycles. The number of carbonyl (C=O) groups excluding carboxylic acids is 1. The minimum absolute atomic E-state index is 0.105. The van der Waals surface area contributed by atoms with Gasteiger partial charge in [0.1, 0.15) is 12.4 Å². The number of aromatic nitrogens is 1. The lowest BCUT2D eigenvalue weighted by Crippen LogP contribution is -2.49. The third-order valence-corrected chi connectivity index (χ3v) is 4.42. The molecule has 1 saturated heterocycles. The second-order valence-corrected chi connectivity index (χ2v) is 6.95. The highest BCUT2D eigenvalue weighted by atomic mass is 19.1. The molecule has 120 valence electrons. The molecule has 1 aliphatic heterocycles. The molecule has 2 N–H and O–H groups in total. The number of fused-ring (bicyclic) bond motifs is 1. The number of hydrogen-bond acceptors (Lipinski definition) is 4. The molecule has 0 spiro atoms. The molecule has 0 unspecified atom stereocenters. The molecule has 1 aromatic rings. The highest BCUT2D eigenvalue weighted by molar-refractivity contribution is 5.83. The fraction of sp³-hybridized carbons (Fsp3) is 0.625. The summed E-state index contributed by atoms with van der Waals surface area (Å²) in [5.41, 5.74) is 0.147. The molecular formula is C16H22FN3O2. The Labute approximate surface area is 129 Å². The molecule has 2 heterocycles. The fourth-order valence-corrected chi connectivity index (χ4v) is 3.19. The molecule has 0 bridgehead atoms. The van der Waals surface area contributed by atoms with Crippen LogP contribution in [0.25, 0.3) is 0 Å². The van der Waals surface area contributed by atoms with Crippen LogP contribution < -0.4 is 15.4 Å². The molecule has 1 aliphatic carbocycles. The number of aryl methyl sites for hydroxylation is 1. The Morgan fingerprint density at radius 1 is 1.50 bits per heavy atom. The topological polar surface area (TPSA) is 63.2 Å². The normalized spacial score (nSPS) is 26.5. The van der Waals surface area contributed by atoms with E-state index in [1.165, 1.54) is 6.07 Å². The summed E-state index contributed by atoms with van der Waals surface area (Å²) in [6, 6.07) is 1.38. The second kappa shape index (κ2) is 5.50. The van der Waals surface area contributed by atoms with Gasteiger partial charge in [0.15, 0.2) is 0 Å². The SMILES string of the molecule is Cc1cc(F)cnc1OCC(C)(C)NC(=O)[C@H]1[C@@H]2CNC[C@@H]21. The first-order valence-electron chi connectivity index (χ1n) is 7.65. The summed E-state index contributed by atoms with van der Waals surface area (Å²) < 4.78 is 18.7. The van der Waals surface area contributed by atoms with Crippen molar-refractivity contribution in [1.82, 2.24) is 15.6 Å². The Morgan fingerprint density at radius 2 is 2.18 bits per heavy atom. The molecule has 22 heavy (non-hydrogen) atoms. The van der Waals surface area contributed by atoms with Gasteiger partial charge in [0.05, 0.1) is 11.7 Å². The summed E-state index contributed by atoms with van der Waals surface area (Å²) in [5.74, 6) is 1.26. The van der Waals surface area contributed by atoms with Gasteiger partial charge in [-0.3, -0.25) is 4.79 Å². The number of nitrogens with zero attached hydrogens (tertiary/aromatic N) is 1. The van der Waals surface area contributed by atoms with E-state index in [2.05, 4.69) is 15.6 Å². The molecule has 1 aromatic heterocycles. The number of nitrogens with one attached hydrogen (secondary N) is 2. The second-order valence-electron chi connectivity index (χ2n) is 6.95. The Morgan fingerprint density at radius 3 is 2.82 bits per heavy atom. The minimum atomic E-state index is -0.496. The van der Waals surface area contributed by atoms with Gasteiger partial charge in [0, 0.05) is 11.5 Å². The van der Waals surface area contributed by atoms with Crippen LogP contribution in [0.4, 0.5) is 4.39 Å². The summed E-state index contributed by atoms with van der Waals surface area (Å²) in [5, 5.41) is 6.34. The lowest BCUT2D eigenvalue weighted by atomic mass is 10.1. The van der Waals surface area contributed by atoms with Crippen molar-refractivity contribution < 1.29 is 13.9 Å². The Hall–Kier alpha value is -1.69. The van der Waals surface area contributed by atoms with Crippen LogP contribution in [0.5, 0.6) is 5.88 Å². The number of halogens is 1. The summed E-state index contributed by atoms with van der Waals surface area (Å²) in [6.07, 6.45) is 1.13. The third kappa shape index (κ3) is 3.06. The maximum absolute atomic E-state index is 13.0. The van der Waals surface area contributed by atoms with Crippen molar-refractivity contribution in [2.24, 2.45) is 17.8 Å². The number of piperidine rings is 1. The monoisotopic (exact) mass is 307 g/mol. The van der Waals surface area contributed by atoms with Crippen LogP contribution in [0.15, 0.2) is 12.3 Å². The Balaban J connectivity index is 1.53. The number of pyridine rings is 1. The minimum Gasteiger partial charge on any atom is -0.475 e. The average molecular weight is 307 g/mol. The van der Waals surface area contributed by atoms with E-state index < -0.39 is 5.54 Å². The van der Waals surface area contributed by atoms with E-state index >= 15 is 0 Å². The van der Waals surface area contributed by atoms with E-state index in [1.54, 1.807) is 6.92 Å².